The van der Waals surface area contributed by atoms with Crippen molar-refractivity contribution in [3.8, 4) is 0 Å². The molecule has 0 aromatic heterocycles. The number of piperazine rings is 1. The van der Waals surface area contributed by atoms with Gasteiger partial charge in [0.15, 0.2) is 6.35 Å². The first-order valence-electron chi connectivity index (χ1n) is 12.2. The fraction of sp³-hybridized carbons (Fsp3) is 1.00. The van der Waals surface area contributed by atoms with E-state index in [4.69, 9.17) is 9.47 Å². The van der Waals surface area contributed by atoms with Crippen LogP contribution < -0.4 is 21.3 Å². The third-order valence-corrected chi connectivity index (χ3v) is 7.04. The lowest BCUT2D eigenvalue weighted by Gasteiger charge is -2.47. The lowest BCUT2D eigenvalue weighted by molar-refractivity contribution is -0.202. The normalized spacial score (nSPS) is 36.6. The molecule has 4 fully saturated rings. The van der Waals surface area contributed by atoms with Crippen LogP contribution in [0.3, 0.4) is 0 Å². The number of alkyl halides is 3. The van der Waals surface area contributed by atoms with E-state index in [1.54, 1.807) is 0 Å². The third-order valence-electron chi connectivity index (χ3n) is 7.04. The van der Waals surface area contributed by atoms with Gasteiger partial charge < -0.3 is 9.47 Å². The number of hydrogen-bond acceptors (Lipinski definition) is 8. The Morgan fingerprint density at radius 3 is 2.31 bits per heavy atom. The van der Waals surface area contributed by atoms with Gasteiger partial charge in [-0.2, -0.15) is 13.2 Å². The predicted octanol–water partition coefficient (Wildman–Crippen LogP) is 1.31. The van der Waals surface area contributed by atoms with Crippen LogP contribution in [0.4, 0.5) is 13.2 Å². The Morgan fingerprint density at radius 1 is 0.938 bits per heavy atom. The van der Waals surface area contributed by atoms with Crippen molar-refractivity contribution in [2.75, 3.05) is 39.3 Å². The lowest BCUT2D eigenvalue weighted by atomic mass is 9.94. The van der Waals surface area contributed by atoms with Crippen molar-refractivity contribution in [2.24, 2.45) is 0 Å². The minimum absolute atomic E-state index is 0.121. The summed E-state index contributed by atoms with van der Waals surface area (Å²) in [6.07, 6.45) is 3.01. The first-order chi connectivity index (χ1) is 15.4. The summed E-state index contributed by atoms with van der Waals surface area (Å²) in [4.78, 5) is 4.84. The van der Waals surface area contributed by atoms with E-state index >= 15 is 0 Å². The minimum atomic E-state index is -4.37. The number of hydrogen-bond donors (Lipinski definition) is 4. The second kappa shape index (κ2) is 11.3. The Bertz CT molecular complexity index is 572. The van der Waals surface area contributed by atoms with Crippen LogP contribution in [0, 0.1) is 0 Å². The molecule has 3 aliphatic heterocycles. The van der Waals surface area contributed by atoms with Crippen molar-refractivity contribution in [3.05, 3.63) is 0 Å². The molecule has 3 heterocycles. The Balaban J connectivity index is 1.29. The molecule has 4 N–H and O–H groups in total. The number of halogens is 3. The molecule has 4 rings (SSSR count). The Kier molecular flexibility index (Phi) is 8.66. The van der Waals surface area contributed by atoms with Crippen LogP contribution in [0.15, 0.2) is 0 Å². The van der Waals surface area contributed by atoms with Crippen molar-refractivity contribution in [3.63, 3.8) is 0 Å². The highest BCUT2D eigenvalue weighted by Gasteiger charge is 2.36. The van der Waals surface area contributed by atoms with Gasteiger partial charge in [0.25, 0.3) is 0 Å². The van der Waals surface area contributed by atoms with Crippen molar-refractivity contribution in [2.45, 2.75) is 95.2 Å². The number of ether oxygens (including phenoxy) is 2. The largest absolute Gasteiger partial charge is 0.411 e. The van der Waals surface area contributed by atoms with E-state index in [0.29, 0.717) is 12.6 Å². The molecule has 11 heteroatoms. The molecule has 3 saturated heterocycles. The second-order valence-corrected chi connectivity index (χ2v) is 9.56. The van der Waals surface area contributed by atoms with Crippen molar-refractivity contribution in [1.82, 2.24) is 31.1 Å². The Hall–Kier alpha value is -0.530. The average Bonchev–Trinajstić information content (AvgIpc) is 3.21. The molecular weight excluding hydrogens is 425 g/mol. The SMILES string of the molecule is CC1CCC(CNC2NC(OCC(F)(F)F)NC(N3CCN(C4CCCCC4)CC3)N2)O1. The molecule has 8 nitrogen and oxygen atoms in total. The first kappa shape index (κ1) is 24.6. The molecule has 4 aliphatic rings. The van der Waals surface area contributed by atoms with E-state index in [-0.39, 0.29) is 24.8 Å². The smallest absolute Gasteiger partial charge is 0.374 e. The zero-order chi connectivity index (χ0) is 22.6. The third kappa shape index (κ3) is 7.23. The zero-order valence-electron chi connectivity index (χ0n) is 19.0. The van der Waals surface area contributed by atoms with Crippen LogP contribution in [0.5, 0.6) is 0 Å². The van der Waals surface area contributed by atoms with Gasteiger partial charge >= 0.3 is 6.18 Å². The Morgan fingerprint density at radius 2 is 1.66 bits per heavy atom. The maximum atomic E-state index is 12.7. The molecule has 1 aliphatic carbocycles. The summed E-state index contributed by atoms with van der Waals surface area (Å²) in [7, 11) is 0. The van der Waals surface area contributed by atoms with E-state index in [9.17, 15) is 13.2 Å². The number of nitrogens with zero attached hydrogens (tertiary/aromatic N) is 2. The van der Waals surface area contributed by atoms with Gasteiger partial charge in [-0.05, 0) is 32.6 Å². The summed E-state index contributed by atoms with van der Waals surface area (Å²) < 4.78 is 49.1. The van der Waals surface area contributed by atoms with Gasteiger partial charge in [-0.1, -0.05) is 19.3 Å². The van der Waals surface area contributed by atoms with E-state index in [2.05, 4.69) is 38.0 Å². The van der Waals surface area contributed by atoms with Crippen molar-refractivity contribution < 1.29 is 22.6 Å². The molecule has 0 aromatic rings. The summed E-state index contributed by atoms with van der Waals surface area (Å²) in [5, 5.41) is 13.0. The van der Waals surface area contributed by atoms with Crippen molar-refractivity contribution in [1.29, 1.82) is 0 Å². The molecule has 5 atom stereocenters. The van der Waals surface area contributed by atoms with Gasteiger partial charge in [-0.25, -0.2) is 0 Å². The molecule has 1 saturated carbocycles. The van der Waals surface area contributed by atoms with Crippen LogP contribution in [-0.4, -0.2) is 92.5 Å². The first-order valence-corrected chi connectivity index (χ1v) is 12.2. The molecular formula is C21H39F3N6O2. The fourth-order valence-corrected chi connectivity index (χ4v) is 5.29. The molecule has 0 amide bonds. The summed E-state index contributed by atoms with van der Waals surface area (Å²) in [5.74, 6) is 0. The molecule has 0 aromatic carbocycles. The van der Waals surface area contributed by atoms with Gasteiger partial charge in [0, 0.05) is 38.8 Å². The van der Waals surface area contributed by atoms with Gasteiger partial charge in [-0.3, -0.25) is 31.1 Å². The highest BCUT2D eigenvalue weighted by molar-refractivity contribution is 4.86. The highest BCUT2D eigenvalue weighted by atomic mass is 19.4. The molecule has 186 valence electrons. The van der Waals surface area contributed by atoms with Gasteiger partial charge in [0.2, 0.25) is 0 Å². The highest BCUT2D eigenvalue weighted by Crippen LogP contribution is 2.24. The maximum Gasteiger partial charge on any atom is 0.411 e. The fourth-order valence-electron chi connectivity index (χ4n) is 5.29. The lowest BCUT2D eigenvalue weighted by Crippen LogP contribution is -2.76. The molecule has 5 unspecified atom stereocenters. The summed E-state index contributed by atoms with van der Waals surface area (Å²) in [6, 6.07) is 0.686. The average molecular weight is 465 g/mol. The van der Waals surface area contributed by atoms with Gasteiger partial charge in [0.1, 0.15) is 19.2 Å². The monoisotopic (exact) mass is 464 g/mol. The molecule has 32 heavy (non-hydrogen) atoms. The van der Waals surface area contributed by atoms with Crippen LogP contribution in [0.25, 0.3) is 0 Å². The van der Waals surface area contributed by atoms with E-state index in [0.717, 1.165) is 39.0 Å². The topological polar surface area (TPSA) is 73.1 Å². The summed E-state index contributed by atoms with van der Waals surface area (Å²) in [6.45, 7) is 5.09. The molecule has 0 bridgehead atoms. The van der Waals surface area contributed by atoms with Crippen molar-refractivity contribution >= 4 is 0 Å². The van der Waals surface area contributed by atoms with Crippen LogP contribution in [0.1, 0.15) is 51.9 Å². The maximum absolute atomic E-state index is 12.7. The van der Waals surface area contributed by atoms with Crippen LogP contribution >= 0.6 is 0 Å². The number of rotatable bonds is 7. The minimum Gasteiger partial charge on any atom is -0.374 e. The van der Waals surface area contributed by atoms with Crippen LogP contribution in [-0.2, 0) is 9.47 Å². The number of nitrogens with one attached hydrogen (secondary N) is 4. The van der Waals surface area contributed by atoms with Gasteiger partial charge in [0.05, 0.1) is 12.2 Å². The second-order valence-electron chi connectivity index (χ2n) is 9.56. The van der Waals surface area contributed by atoms with E-state index in [1.807, 2.05) is 0 Å². The van der Waals surface area contributed by atoms with Gasteiger partial charge in [-0.15, -0.1) is 0 Å². The quantitative estimate of drug-likeness (QED) is 0.450. The Labute approximate surface area is 188 Å². The standard InChI is InChI=1S/C21H39F3N6O2/c1-15-7-8-17(32-15)13-25-18-26-19(28-20(27-18)31-14-21(22,23)24)30-11-9-29(10-12-30)16-5-3-2-4-6-16/h15-20,25-28H,2-14H2,1H3. The summed E-state index contributed by atoms with van der Waals surface area (Å²) >= 11 is 0. The van der Waals surface area contributed by atoms with E-state index < -0.39 is 19.1 Å². The van der Waals surface area contributed by atoms with Crippen LogP contribution in [0.2, 0.25) is 0 Å². The molecule has 0 spiro atoms. The van der Waals surface area contributed by atoms with E-state index in [1.165, 1.54) is 32.1 Å². The molecule has 0 radical (unpaired) electrons. The zero-order valence-corrected chi connectivity index (χ0v) is 19.0. The summed E-state index contributed by atoms with van der Waals surface area (Å²) in [5.41, 5.74) is 0. The predicted molar refractivity (Wildman–Crippen MR) is 114 cm³/mol.